The number of anilines is 1. The minimum Gasteiger partial charge on any atom is -0.354 e. The highest BCUT2D eigenvalue weighted by atomic mass is 32.2. The molecule has 1 aromatic carbocycles. The molecule has 0 aliphatic heterocycles. The monoisotopic (exact) mass is 395 g/mol. The third kappa shape index (κ3) is 5.78. The lowest BCUT2D eigenvalue weighted by molar-refractivity contribution is -0.384. The van der Waals surface area contributed by atoms with Crippen molar-refractivity contribution in [2.75, 3.05) is 17.1 Å². The fourth-order valence-corrected chi connectivity index (χ4v) is 4.34. The molecular weight excluding hydrogens is 370 g/mol. The fraction of sp³-hybridized carbons (Fsp3) is 0.500. The number of hydrogen-bond acceptors (Lipinski definition) is 5. The number of nitro groups is 1. The SMILES string of the molecule is CC(C(=O)NCCC1=CCCCC1)N(c1cccc([N+](=O)[O-])c1)S(C)(=O)=O. The van der Waals surface area contributed by atoms with E-state index >= 15 is 0 Å². The van der Waals surface area contributed by atoms with Gasteiger partial charge in [0.2, 0.25) is 15.9 Å². The first-order valence-electron chi connectivity index (χ1n) is 8.89. The van der Waals surface area contributed by atoms with Crippen LogP contribution in [0.25, 0.3) is 0 Å². The van der Waals surface area contributed by atoms with Gasteiger partial charge in [0, 0.05) is 18.7 Å². The maximum Gasteiger partial charge on any atom is 0.271 e. The summed E-state index contributed by atoms with van der Waals surface area (Å²) < 4.78 is 25.4. The number of carbonyl (C=O) groups excluding carboxylic acids is 1. The van der Waals surface area contributed by atoms with Gasteiger partial charge in [0.1, 0.15) is 6.04 Å². The summed E-state index contributed by atoms with van der Waals surface area (Å²) in [5.41, 5.74) is 1.16. The first-order valence-corrected chi connectivity index (χ1v) is 10.7. The molecular formula is C18H25N3O5S. The molecule has 1 atom stereocenters. The average Bonchev–Trinajstić information content (AvgIpc) is 2.61. The Morgan fingerprint density at radius 1 is 1.37 bits per heavy atom. The second kappa shape index (κ2) is 8.98. The molecule has 0 saturated heterocycles. The summed E-state index contributed by atoms with van der Waals surface area (Å²) in [5.74, 6) is -0.441. The molecule has 0 spiro atoms. The molecule has 1 aliphatic rings. The van der Waals surface area contributed by atoms with Crippen molar-refractivity contribution in [3.63, 3.8) is 0 Å². The summed E-state index contributed by atoms with van der Waals surface area (Å²) in [6.07, 6.45) is 8.37. The normalized spacial score (nSPS) is 15.6. The number of allylic oxidation sites excluding steroid dienone is 1. The van der Waals surface area contributed by atoms with E-state index in [4.69, 9.17) is 0 Å². The molecule has 0 bridgehead atoms. The van der Waals surface area contributed by atoms with E-state index in [0.29, 0.717) is 6.54 Å². The number of nitro benzene ring substituents is 1. The number of nitrogens with zero attached hydrogens (tertiary/aromatic N) is 2. The van der Waals surface area contributed by atoms with Crippen LogP contribution in [0.4, 0.5) is 11.4 Å². The van der Waals surface area contributed by atoms with Crippen molar-refractivity contribution in [3.8, 4) is 0 Å². The molecule has 1 aromatic rings. The van der Waals surface area contributed by atoms with E-state index in [1.54, 1.807) is 0 Å². The van der Waals surface area contributed by atoms with Gasteiger partial charge in [0.15, 0.2) is 0 Å². The highest BCUT2D eigenvalue weighted by Gasteiger charge is 2.29. The maximum atomic E-state index is 12.5. The standard InChI is InChI=1S/C18H25N3O5S/c1-14(18(22)19-12-11-15-7-4-3-5-8-15)20(27(2,25)26)16-9-6-10-17(13-16)21(23)24/h6-7,9-10,13-14H,3-5,8,11-12H2,1-2H3,(H,19,22). The molecule has 0 radical (unpaired) electrons. The van der Waals surface area contributed by atoms with Crippen LogP contribution in [-0.2, 0) is 14.8 Å². The summed E-state index contributed by atoms with van der Waals surface area (Å²) in [5, 5.41) is 13.7. The van der Waals surface area contributed by atoms with E-state index in [9.17, 15) is 23.3 Å². The van der Waals surface area contributed by atoms with E-state index in [1.165, 1.54) is 37.1 Å². The molecule has 8 nitrogen and oxygen atoms in total. The van der Waals surface area contributed by atoms with Gasteiger partial charge < -0.3 is 5.32 Å². The van der Waals surface area contributed by atoms with Crippen molar-refractivity contribution in [1.29, 1.82) is 0 Å². The van der Waals surface area contributed by atoms with Crippen LogP contribution < -0.4 is 9.62 Å². The lowest BCUT2D eigenvalue weighted by Crippen LogP contribution is -2.48. The molecule has 148 valence electrons. The highest BCUT2D eigenvalue weighted by Crippen LogP contribution is 2.25. The van der Waals surface area contributed by atoms with Crippen molar-refractivity contribution in [1.82, 2.24) is 5.32 Å². The molecule has 9 heteroatoms. The Balaban J connectivity index is 2.11. The first kappa shape index (κ1) is 20.9. The number of sulfonamides is 1. The Hall–Kier alpha value is -2.42. The van der Waals surface area contributed by atoms with Crippen LogP contribution in [0.2, 0.25) is 0 Å². The van der Waals surface area contributed by atoms with Gasteiger partial charge in [-0.25, -0.2) is 8.42 Å². The van der Waals surface area contributed by atoms with Crippen molar-refractivity contribution in [3.05, 3.63) is 46.0 Å². The Bertz CT molecular complexity index is 835. The lowest BCUT2D eigenvalue weighted by Gasteiger charge is -2.28. The number of rotatable bonds is 8. The van der Waals surface area contributed by atoms with Gasteiger partial charge in [-0.3, -0.25) is 19.2 Å². The minimum atomic E-state index is -3.81. The van der Waals surface area contributed by atoms with E-state index in [-0.39, 0.29) is 11.4 Å². The number of nitrogens with one attached hydrogen (secondary N) is 1. The molecule has 1 unspecified atom stereocenters. The number of amides is 1. The van der Waals surface area contributed by atoms with Gasteiger partial charge in [0.05, 0.1) is 16.9 Å². The van der Waals surface area contributed by atoms with Crippen LogP contribution in [0.1, 0.15) is 39.0 Å². The van der Waals surface area contributed by atoms with Crippen molar-refractivity contribution >= 4 is 27.3 Å². The Kier molecular flexibility index (Phi) is 6.95. The zero-order valence-electron chi connectivity index (χ0n) is 15.6. The number of benzene rings is 1. The molecule has 0 heterocycles. The third-order valence-corrected chi connectivity index (χ3v) is 5.76. The van der Waals surface area contributed by atoms with Crippen LogP contribution in [0.15, 0.2) is 35.9 Å². The predicted octanol–water partition coefficient (Wildman–Crippen LogP) is 2.76. The molecule has 1 N–H and O–H groups in total. The van der Waals surface area contributed by atoms with Gasteiger partial charge in [-0.05, 0) is 45.1 Å². The quantitative estimate of drug-likeness (QED) is 0.413. The van der Waals surface area contributed by atoms with Crippen LogP contribution in [0.3, 0.4) is 0 Å². The van der Waals surface area contributed by atoms with Gasteiger partial charge in [0.25, 0.3) is 5.69 Å². The zero-order chi connectivity index (χ0) is 20.0. The molecule has 0 aromatic heterocycles. The third-order valence-electron chi connectivity index (χ3n) is 4.51. The smallest absolute Gasteiger partial charge is 0.271 e. The lowest BCUT2D eigenvalue weighted by atomic mass is 9.97. The summed E-state index contributed by atoms with van der Waals surface area (Å²) in [7, 11) is -3.81. The second-order valence-corrected chi connectivity index (χ2v) is 8.52. The highest BCUT2D eigenvalue weighted by molar-refractivity contribution is 7.92. The van der Waals surface area contributed by atoms with E-state index in [1.807, 2.05) is 0 Å². The van der Waals surface area contributed by atoms with Crippen LogP contribution in [0, 0.1) is 10.1 Å². The molecule has 0 saturated carbocycles. The predicted molar refractivity (Wildman–Crippen MR) is 104 cm³/mol. The minimum absolute atomic E-state index is 0.0874. The van der Waals surface area contributed by atoms with Crippen molar-refractivity contribution < 1.29 is 18.1 Å². The van der Waals surface area contributed by atoms with E-state index in [2.05, 4.69) is 11.4 Å². The Morgan fingerprint density at radius 2 is 2.11 bits per heavy atom. The topological polar surface area (TPSA) is 110 Å². The van der Waals surface area contributed by atoms with Crippen LogP contribution in [-0.4, -0.2) is 38.1 Å². The van der Waals surface area contributed by atoms with E-state index in [0.717, 1.165) is 42.3 Å². The fourth-order valence-electron chi connectivity index (χ4n) is 3.18. The van der Waals surface area contributed by atoms with Gasteiger partial charge in [-0.1, -0.05) is 17.7 Å². The number of hydrogen-bond donors (Lipinski definition) is 1. The molecule has 0 fully saturated rings. The second-order valence-electron chi connectivity index (χ2n) is 6.66. The van der Waals surface area contributed by atoms with Gasteiger partial charge in [-0.2, -0.15) is 0 Å². The Labute approximate surface area is 159 Å². The summed E-state index contributed by atoms with van der Waals surface area (Å²) in [4.78, 5) is 22.9. The molecule has 27 heavy (non-hydrogen) atoms. The molecule has 2 rings (SSSR count). The van der Waals surface area contributed by atoms with E-state index < -0.39 is 26.9 Å². The number of non-ortho nitro benzene ring substituents is 1. The zero-order valence-corrected chi connectivity index (χ0v) is 16.4. The summed E-state index contributed by atoms with van der Waals surface area (Å²) in [6.45, 7) is 1.90. The van der Waals surface area contributed by atoms with Crippen LogP contribution >= 0.6 is 0 Å². The van der Waals surface area contributed by atoms with Crippen LogP contribution in [0.5, 0.6) is 0 Å². The first-order chi connectivity index (χ1) is 12.7. The van der Waals surface area contributed by atoms with Gasteiger partial charge >= 0.3 is 0 Å². The number of carbonyl (C=O) groups is 1. The molecule has 1 aliphatic carbocycles. The summed E-state index contributed by atoms with van der Waals surface area (Å²) >= 11 is 0. The summed E-state index contributed by atoms with van der Waals surface area (Å²) in [6, 6.07) is 4.23. The Morgan fingerprint density at radius 3 is 2.70 bits per heavy atom. The van der Waals surface area contributed by atoms with Gasteiger partial charge in [-0.15, -0.1) is 0 Å². The van der Waals surface area contributed by atoms with Crippen molar-refractivity contribution in [2.24, 2.45) is 0 Å². The average molecular weight is 395 g/mol. The maximum absolute atomic E-state index is 12.5. The largest absolute Gasteiger partial charge is 0.354 e. The van der Waals surface area contributed by atoms with Crippen molar-refractivity contribution in [2.45, 2.75) is 45.1 Å². The molecule has 1 amide bonds.